The Morgan fingerprint density at radius 2 is 1.84 bits per heavy atom. The molecule has 0 aliphatic rings. The second kappa shape index (κ2) is 5.36. The average molecular weight is 327 g/mol. The van der Waals surface area contributed by atoms with Crippen LogP contribution in [0.5, 0.6) is 0 Å². The zero-order valence-corrected chi connectivity index (χ0v) is 11.2. The highest BCUT2D eigenvalue weighted by atomic mass is 79.9. The normalized spacial score (nSPS) is 10.3. The maximum Gasteiger partial charge on any atom is 0.257 e. The summed E-state index contributed by atoms with van der Waals surface area (Å²) in [6.07, 6.45) is 0. The fourth-order valence-electron chi connectivity index (χ4n) is 1.51. The van der Waals surface area contributed by atoms with Crippen molar-refractivity contribution in [1.29, 1.82) is 0 Å². The number of carbonyl (C=O) groups excluding carboxylic acids is 1. The molecule has 0 unspecified atom stereocenters. The van der Waals surface area contributed by atoms with Crippen molar-refractivity contribution in [3.05, 3.63) is 58.1 Å². The summed E-state index contributed by atoms with van der Waals surface area (Å²) in [4.78, 5) is 11.9. The van der Waals surface area contributed by atoms with Gasteiger partial charge in [-0.1, -0.05) is 15.9 Å². The molecule has 2 rings (SSSR count). The van der Waals surface area contributed by atoms with Crippen molar-refractivity contribution >= 4 is 33.2 Å². The Morgan fingerprint density at radius 3 is 2.47 bits per heavy atom. The van der Waals surface area contributed by atoms with Gasteiger partial charge < -0.3 is 11.1 Å². The predicted octanol–water partition coefficient (Wildman–Crippen LogP) is 3.56. The average Bonchev–Trinajstić information content (AvgIpc) is 2.33. The lowest BCUT2D eigenvalue weighted by Gasteiger charge is -2.08. The second-order valence-electron chi connectivity index (χ2n) is 3.81. The SMILES string of the molecule is Nc1cc(Br)ccc1C(=O)Nc1ccc(F)c(F)c1. The van der Waals surface area contributed by atoms with Crippen molar-refractivity contribution in [2.24, 2.45) is 0 Å². The van der Waals surface area contributed by atoms with Crippen molar-refractivity contribution < 1.29 is 13.6 Å². The van der Waals surface area contributed by atoms with Gasteiger partial charge in [-0.05, 0) is 30.3 Å². The third kappa shape index (κ3) is 3.08. The Morgan fingerprint density at radius 1 is 1.11 bits per heavy atom. The maximum absolute atomic E-state index is 13.0. The van der Waals surface area contributed by atoms with Crippen LogP contribution in [0.3, 0.4) is 0 Å². The molecule has 0 saturated heterocycles. The number of rotatable bonds is 2. The minimum atomic E-state index is -1.03. The number of benzene rings is 2. The molecule has 0 fully saturated rings. The highest BCUT2D eigenvalue weighted by molar-refractivity contribution is 9.10. The van der Waals surface area contributed by atoms with Crippen LogP contribution < -0.4 is 11.1 Å². The standard InChI is InChI=1S/C13H9BrF2N2O/c14-7-1-3-9(12(17)5-7)13(19)18-8-2-4-10(15)11(16)6-8/h1-6H,17H2,(H,18,19). The Labute approximate surface area is 116 Å². The predicted molar refractivity (Wildman–Crippen MR) is 72.9 cm³/mol. The van der Waals surface area contributed by atoms with E-state index in [0.717, 1.165) is 16.6 Å². The first kappa shape index (κ1) is 13.5. The van der Waals surface area contributed by atoms with E-state index in [4.69, 9.17) is 5.73 Å². The van der Waals surface area contributed by atoms with Gasteiger partial charge in [-0.25, -0.2) is 8.78 Å². The minimum absolute atomic E-state index is 0.159. The molecular weight excluding hydrogens is 318 g/mol. The van der Waals surface area contributed by atoms with Crippen molar-refractivity contribution in [3.8, 4) is 0 Å². The van der Waals surface area contributed by atoms with Gasteiger partial charge in [0, 0.05) is 21.9 Å². The van der Waals surface area contributed by atoms with Crippen LogP contribution in [0.2, 0.25) is 0 Å². The molecule has 1 amide bonds. The fraction of sp³-hybridized carbons (Fsp3) is 0. The quantitative estimate of drug-likeness (QED) is 0.829. The van der Waals surface area contributed by atoms with Crippen molar-refractivity contribution in [1.82, 2.24) is 0 Å². The molecule has 0 aromatic heterocycles. The summed E-state index contributed by atoms with van der Waals surface area (Å²) in [7, 11) is 0. The molecule has 2 aromatic carbocycles. The third-order valence-corrected chi connectivity index (χ3v) is 2.93. The number of halogens is 3. The van der Waals surface area contributed by atoms with E-state index in [1.165, 1.54) is 12.1 Å². The van der Waals surface area contributed by atoms with Gasteiger partial charge in [-0.3, -0.25) is 4.79 Å². The van der Waals surface area contributed by atoms with Gasteiger partial charge >= 0.3 is 0 Å². The molecule has 0 spiro atoms. The number of anilines is 2. The first-order chi connectivity index (χ1) is 8.97. The molecular formula is C13H9BrF2N2O. The van der Waals surface area contributed by atoms with E-state index in [1.807, 2.05) is 0 Å². The Bertz CT molecular complexity index is 647. The number of carbonyl (C=O) groups is 1. The molecule has 3 nitrogen and oxygen atoms in total. The Hall–Kier alpha value is -1.95. The number of hydrogen-bond donors (Lipinski definition) is 2. The third-order valence-electron chi connectivity index (χ3n) is 2.44. The zero-order chi connectivity index (χ0) is 14.0. The lowest BCUT2D eigenvalue weighted by Crippen LogP contribution is -2.14. The topological polar surface area (TPSA) is 55.1 Å². The van der Waals surface area contributed by atoms with Crippen LogP contribution >= 0.6 is 15.9 Å². The molecule has 0 bridgehead atoms. The minimum Gasteiger partial charge on any atom is -0.398 e. The van der Waals surface area contributed by atoms with Crippen LogP contribution in [0.25, 0.3) is 0 Å². The summed E-state index contributed by atoms with van der Waals surface area (Å²) in [5, 5.41) is 2.45. The largest absolute Gasteiger partial charge is 0.398 e. The Balaban J connectivity index is 2.23. The monoisotopic (exact) mass is 326 g/mol. The number of nitrogens with two attached hydrogens (primary N) is 1. The van der Waals surface area contributed by atoms with Crippen LogP contribution in [-0.4, -0.2) is 5.91 Å². The van der Waals surface area contributed by atoms with Gasteiger partial charge in [0.2, 0.25) is 0 Å². The highest BCUT2D eigenvalue weighted by Crippen LogP contribution is 2.20. The van der Waals surface area contributed by atoms with Crippen molar-refractivity contribution in [2.75, 3.05) is 11.1 Å². The molecule has 3 N–H and O–H groups in total. The number of hydrogen-bond acceptors (Lipinski definition) is 2. The molecule has 0 aliphatic heterocycles. The van der Waals surface area contributed by atoms with Gasteiger partial charge in [0.25, 0.3) is 5.91 Å². The van der Waals surface area contributed by atoms with E-state index in [0.29, 0.717) is 0 Å². The van der Waals surface area contributed by atoms with E-state index >= 15 is 0 Å². The van der Waals surface area contributed by atoms with Crippen LogP contribution in [0, 0.1) is 11.6 Å². The highest BCUT2D eigenvalue weighted by Gasteiger charge is 2.11. The summed E-state index contributed by atoms with van der Waals surface area (Å²) in [6, 6.07) is 7.90. The van der Waals surface area contributed by atoms with Crippen LogP contribution in [0.15, 0.2) is 40.9 Å². The lowest BCUT2D eigenvalue weighted by atomic mass is 10.1. The summed E-state index contributed by atoms with van der Waals surface area (Å²) >= 11 is 3.23. The molecule has 6 heteroatoms. The lowest BCUT2D eigenvalue weighted by molar-refractivity contribution is 0.102. The van der Waals surface area contributed by atoms with E-state index in [-0.39, 0.29) is 16.9 Å². The Kier molecular flexibility index (Phi) is 3.80. The van der Waals surface area contributed by atoms with Crippen molar-refractivity contribution in [2.45, 2.75) is 0 Å². The van der Waals surface area contributed by atoms with E-state index in [1.54, 1.807) is 12.1 Å². The van der Waals surface area contributed by atoms with Gasteiger partial charge in [0.05, 0.1) is 5.56 Å². The van der Waals surface area contributed by atoms with Gasteiger partial charge in [-0.2, -0.15) is 0 Å². The second-order valence-corrected chi connectivity index (χ2v) is 4.73. The first-order valence-corrected chi connectivity index (χ1v) is 6.08. The summed E-state index contributed by atoms with van der Waals surface area (Å²) in [5.74, 6) is -2.49. The number of amides is 1. The van der Waals surface area contributed by atoms with Crippen LogP contribution in [0.4, 0.5) is 20.2 Å². The molecule has 0 atom stereocenters. The summed E-state index contributed by atoms with van der Waals surface area (Å²) in [5.41, 5.74) is 6.41. The van der Waals surface area contributed by atoms with E-state index < -0.39 is 17.5 Å². The molecule has 0 heterocycles. The number of nitrogens with one attached hydrogen (secondary N) is 1. The van der Waals surface area contributed by atoms with Crippen molar-refractivity contribution in [3.63, 3.8) is 0 Å². The molecule has 0 saturated carbocycles. The first-order valence-electron chi connectivity index (χ1n) is 5.29. The smallest absolute Gasteiger partial charge is 0.257 e. The van der Waals surface area contributed by atoms with E-state index in [9.17, 15) is 13.6 Å². The summed E-state index contributed by atoms with van der Waals surface area (Å²) in [6.45, 7) is 0. The molecule has 19 heavy (non-hydrogen) atoms. The van der Waals surface area contributed by atoms with Gasteiger partial charge in [0.15, 0.2) is 11.6 Å². The molecule has 98 valence electrons. The summed E-state index contributed by atoms with van der Waals surface area (Å²) < 4.78 is 26.5. The van der Waals surface area contributed by atoms with Crippen LogP contribution in [0.1, 0.15) is 10.4 Å². The van der Waals surface area contributed by atoms with Gasteiger partial charge in [0.1, 0.15) is 0 Å². The maximum atomic E-state index is 13.0. The van der Waals surface area contributed by atoms with Gasteiger partial charge in [-0.15, -0.1) is 0 Å². The zero-order valence-electron chi connectivity index (χ0n) is 9.58. The molecule has 2 aromatic rings. The fourth-order valence-corrected chi connectivity index (χ4v) is 1.89. The molecule has 0 radical (unpaired) electrons. The molecule has 0 aliphatic carbocycles. The van der Waals surface area contributed by atoms with E-state index in [2.05, 4.69) is 21.2 Å². The van der Waals surface area contributed by atoms with Crippen LogP contribution in [-0.2, 0) is 0 Å². The number of nitrogen functional groups attached to an aromatic ring is 1.